The summed E-state index contributed by atoms with van der Waals surface area (Å²) in [5.41, 5.74) is 1.58. The second-order valence-corrected chi connectivity index (χ2v) is 9.58. The fourth-order valence-corrected chi connectivity index (χ4v) is 4.99. The summed E-state index contributed by atoms with van der Waals surface area (Å²) in [5, 5.41) is 14.7. The molecule has 0 aliphatic heterocycles. The Morgan fingerprint density at radius 1 is 0.829 bits per heavy atom. The molecule has 0 unspecified atom stereocenters. The van der Waals surface area contributed by atoms with Gasteiger partial charge in [0.1, 0.15) is 5.75 Å². The molecular weight excluding hydrogens is 464 g/mol. The van der Waals surface area contributed by atoms with Gasteiger partial charge in [0.2, 0.25) is 0 Å². The molecular formula is C27H28N2O5S. The van der Waals surface area contributed by atoms with E-state index in [4.69, 9.17) is 9.84 Å². The minimum absolute atomic E-state index is 0.000931. The molecule has 1 heterocycles. The van der Waals surface area contributed by atoms with Crippen LogP contribution in [0.1, 0.15) is 45.7 Å². The number of carbonyl (C=O) groups is 3. The molecule has 0 atom stereocenters. The van der Waals surface area contributed by atoms with Gasteiger partial charge >= 0.3 is 5.97 Å². The number of rotatable bonds is 9. The molecule has 4 rings (SSSR count). The number of ether oxygens (including phenoxy) is 1. The summed E-state index contributed by atoms with van der Waals surface area (Å²) in [6, 6.07) is 20.5. The highest BCUT2D eigenvalue weighted by Gasteiger charge is 2.26. The lowest BCUT2D eigenvalue weighted by atomic mass is 9.87. The van der Waals surface area contributed by atoms with Gasteiger partial charge in [0.25, 0.3) is 11.8 Å². The zero-order chi connectivity index (χ0) is 24.6. The molecule has 8 heteroatoms. The smallest absolute Gasteiger partial charge is 0.306 e. The van der Waals surface area contributed by atoms with E-state index in [1.54, 1.807) is 24.3 Å². The van der Waals surface area contributed by atoms with E-state index in [-0.39, 0.29) is 23.8 Å². The van der Waals surface area contributed by atoms with Crippen LogP contribution < -0.4 is 15.4 Å². The van der Waals surface area contributed by atoms with Gasteiger partial charge in [0.15, 0.2) is 0 Å². The third-order valence-electron chi connectivity index (χ3n) is 6.03. The van der Waals surface area contributed by atoms with E-state index in [0.717, 1.165) is 10.4 Å². The molecule has 1 aliphatic carbocycles. The highest BCUT2D eigenvalue weighted by Crippen LogP contribution is 2.29. The number of hydrogen-bond acceptors (Lipinski definition) is 5. The van der Waals surface area contributed by atoms with Crippen LogP contribution in [-0.4, -0.2) is 42.1 Å². The Kier molecular flexibility index (Phi) is 8.15. The molecule has 7 nitrogen and oxygen atoms in total. The highest BCUT2D eigenvalue weighted by molar-refractivity contribution is 7.17. The first-order valence-electron chi connectivity index (χ1n) is 11.7. The van der Waals surface area contributed by atoms with Crippen LogP contribution in [0.25, 0.3) is 10.4 Å². The van der Waals surface area contributed by atoms with Crippen molar-refractivity contribution in [2.45, 2.75) is 31.8 Å². The van der Waals surface area contributed by atoms with Gasteiger partial charge in [0, 0.05) is 23.5 Å². The fourth-order valence-electron chi connectivity index (χ4n) is 4.06. The standard InChI is InChI=1S/C27H28N2O5S/c30-25(19-6-10-21(11-7-19)34-22-12-8-20(9-13-22)27(32)33)28-16-17-29-26(31)24-15-14-23(35-24)18-4-2-1-3-5-18/h1-7,10-11,14-15,20,22H,8-9,12-13,16-17H2,(H,28,30)(H,29,31)(H,32,33). The maximum Gasteiger partial charge on any atom is 0.306 e. The molecule has 0 spiro atoms. The van der Waals surface area contributed by atoms with Crippen molar-refractivity contribution < 1.29 is 24.2 Å². The summed E-state index contributed by atoms with van der Waals surface area (Å²) in [4.78, 5) is 37.5. The quantitative estimate of drug-likeness (QED) is 0.379. The summed E-state index contributed by atoms with van der Waals surface area (Å²) >= 11 is 1.43. The molecule has 0 radical (unpaired) electrons. The van der Waals surface area contributed by atoms with Crippen molar-refractivity contribution in [1.82, 2.24) is 10.6 Å². The summed E-state index contributed by atoms with van der Waals surface area (Å²) in [6.45, 7) is 0.635. The molecule has 1 aromatic heterocycles. The van der Waals surface area contributed by atoms with Crippen LogP contribution >= 0.6 is 11.3 Å². The lowest BCUT2D eigenvalue weighted by Gasteiger charge is -2.26. The SMILES string of the molecule is O=C(NCCNC(=O)c1ccc(-c2ccccc2)s1)c1ccc(OC2CCC(C(=O)O)CC2)cc1. The number of nitrogens with one attached hydrogen (secondary N) is 2. The van der Waals surface area contributed by atoms with E-state index in [0.29, 0.717) is 55.0 Å². The van der Waals surface area contributed by atoms with Crippen LogP contribution in [0, 0.1) is 5.92 Å². The lowest BCUT2D eigenvalue weighted by Crippen LogP contribution is -2.34. The molecule has 0 saturated heterocycles. The van der Waals surface area contributed by atoms with Crippen LogP contribution in [-0.2, 0) is 4.79 Å². The van der Waals surface area contributed by atoms with Crippen LogP contribution in [0.3, 0.4) is 0 Å². The van der Waals surface area contributed by atoms with Gasteiger partial charge in [-0.2, -0.15) is 0 Å². The lowest BCUT2D eigenvalue weighted by molar-refractivity contribution is -0.143. The van der Waals surface area contributed by atoms with Crippen LogP contribution in [0.15, 0.2) is 66.7 Å². The minimum Gasteiger partial charge on any atom is -0.490 e. The summed E-state index contributed by atoms with van der Waals surface area (Å²) in [6.07, 6.45) is 2.67. The third-order valence-corrected chi connectivity index (χ3v) is 7.16. The largest absolute Gasteiger partial charge is 0.490 e. The van der Waals surface area contributed by atoms with Gasteiger partial charge < -0.3 is 20.5 Å². The Morgan fingerprint density at radius 3 is 2.14 bits per heavy atom. The molecule has 35 heavy (non-hydrogen) atoms. The normalized spacial score (nSPS) is 17.4. The first-order valence-corrected chi connectivity index (χ1v) is 12.5. The first kappa shape index (κ1) is 24.5. The van der Waals surface area contributed by atoms with Gasteiger partial charge in [-0.3, -0.25) is 14.4 Å². The Morgan fingerprint density at radius 2 is 1.49 bits per heavy atom. The average molecular weight is 493 g/mol. The van der Waals surface area contributed by atoms with Gasteiger partial charge in [-0.05, 0) is 67.6 Å². The van der Waals surface area contributed by atoms with Crippen molar-refractivity contribution in [2.24, 2.45) is 5.92 Å². The highest BCUT2D eigenvalue weighted by atomic mass is 32.1. The second kappa shape index (κ2) is 11.7. The number of aliphatic carboxylic acids is 1. The summed E-state index contributed by atoms with van der Waals surface area (Å²) in [7, 11) is 0. The molecule has 3 N–H and O–H groups in total. The van der Waals surface area contributed by atoms with Crippen LogP contribution in [0.2, 0.25) is 0 Å². The van der Waals surface area contributed by atoms with Gasteiger partial charge in [-0.15, -0.1) is 11.3 Å². The molecule has 2 amide bonds. The van der Waals surface area contributed by atoms with Crippen molar-refractivity contribution in [3.8, 4) is 16.2 Å². The molecule has 1 aliphatic rings. The monoisotopic (exact) mass is 492 g/mol. The van der Waals surface area contributed by atoms with Crippen molar-refractivity contribution in [3.63, 3.8) is 0 Å². The molecule has 1 saturated carbocycles. The van der Waals surface area contributed by atoms with Crippen molar-refractivity contribution in [1.29, 1.82) is 0 Å². The molecule has 3 aromatic rings. The third kappa shape index (κ3) is 6.70. The van der Waals surface area contributed by atoms with Gasteiger partial charge in [0.05, 0.1) is 16.9 Å². The van der Waals surface area contributed by atoms with E-state index in [1.807, 2.05) is 42.5 Å². The summed E-state index contributed by atoms with van der Waals surface area (Å²) < 4.78 is 5.94. The Hall–Kier alpha value is -3.65. The number of carbonyl (C=O) groups excluding carboxylic acids is 2. The van der Waals surface area contributed by atoms with Crippen molar-refractivity contribution in [2.75, 3.05) is 13.1 Å². The predicted octanol–water partition coefficient (Wildman–Crippen LogP) is 4.60. The zero-order valence-electron chi connectivity index (χ0n) is 19.2. The maximum absolute atomic E-state index is 12.4. The number of carboxylic acid groups (broad SMARTS) is 1. The summed E-state index contributed by atoms with van der Waals surface area (Å²) in [5.74, 6) is -0.733. The number of thiophene rings is 1. The molecule has 2 aromatic carbocycles. The molecule has 0 bridgehead atoms. The van der Waals surface area contributed by atoms with Gasteiger partial charge in [-0.25, -0.2) is 0 Å². The Balaban J connectivity index is 1.18. The average Bonchev–Trinajstić information content (AvgIpc) is 3.38. The van der Waals surface area contributed by atoms with Crippen molar-refractivity contribution in [3.05, 3.63) is 77.2 Å². The van der Waals surface area contributed by atoms with E-state index in [1.165, 1.54) is 11.3 Å². The second-order valence-electron chi connectivity index (χ2n) is 8.50. The predicted molar refractivity (Wildman–Crippen MR) is 135 cm³/mol. The molecule has 182 valence electrons. The Bertz CT molecular complexity index is 1150. The van der Waals surface area contributed by atoms with Crippen molar-refractivity contribution >= 4 is 29.1 Å². The maximum atomic E-state index is 12.4. The Labute approximate surface area is 208 Å². The number of hydrogen-bond donors (Lipinski definition) is 3. The van der Waals surface area contributed by atoms with Crippen LogP contribution in [0.4, 0.5) is 0 Å². The van der Waals surface area contributed by atoms with E-state index >= 15 is 0 Å². The zero-order valence-corrected chi connectivity index (χ0v) is 20.1. The first-order chi connectivity index (χ1) is 17.0. The number of benzene rings is 2. The minimum atomic E-state index is -0.734. The van der Waals surface area contributed by atoms with E-state index in [9.17, 15) is 14.4 Å². The topological polar surface area (TPSA) is 105 Å². The van der Waals surface area contributed by atoms with Gasteiger partial charge in [-0.1, -0.05) is 30.3 Å². The molecule has 1 fully saturated rings. The van der Waals surface area contributed by atoms with E-state index < -0.39 is 5.97 Å². The van der Waals surface area contributed by atoms with E-state index in [2.05, 4.69) is 10.6 Å². The number of amides is 2. The van der Waals surface area contributed by atoms with Crippen LogP contribution in [0.5, 0.6) is 5.75 Å². The number of carboxylic acids is 1. The fraction of sp³-hybridized carbons (Fsp3) is 0.296.